The van der Waals surface area contributed by atoms with E-state index in [1.807, 2.05) is 0 Å². The van der Waals surface area contributed by atoms with Crippen LogP contribution in [0.5, 0.6) is 0 Å². The van der Waals surface area contributed by atoms with Crippen LogP contribution in [0.1, 0.15) is 36.7 Å². The number of fused-ring (bicyclic) bond motifs is 3. The maximum atomic E-state index is 5.28. The fraction of sp³-hybridized carbons (Fsp3) is 0.0714. The van der Waals surface area contributed by atoms with E-state index in [1.165, 1.54) is 99.6 Å². The number of allylic oxidation sites excluding steroid dienone is 5. The number of benzene rings is 10. The minimum atomic E-state index is 0.405. The SMILES string of the molecule is CC1CC=CC=C1c1cc(-c2ccccc2)cc(-c2c3ccccc3c(-c3cc(-c4ccccc4)cc(-c4ccccc4)c3)c3ccc(-c4ccc(-c5nc6c(n5-c5ccccc5)C=CCC6)cc4)cc23)c1. The Morgan fingerprint density at radius 2 is 0.875 bits per heavy atom. The third-order valence-corrected chi connectivity index (χ3v) is 14.9. The van der Waals surface area contributed by atoms with Gasteiger partial charge >= 0.3 is 0 Å². The zero-order valence-electron chi connectivity index (χ0n) is 40.3. The van der Waals surface area contributed by atoms with E-state index in [0.717, 1.165) is 47.6 Å². The lowest BCUT2D eigenvalue weighted by atomic mass is 9.81. The standard InChI is InChI=1S/C70H52N2/c1-47-20-14-15-29-61(47)57-41-56(50-25-10-4-11-26-50)44-59(45-57)69-63-31-17-16-30-62(63)68(58-42-54(48-21-6-2-7-22-48)40-55(43-58)49-23-8-3-9-24-49)64-39-38-53(46-65(64)69)51-34-36-52(37-35-51)70-71-66-32-18-19-33-67(66)72(70)60-27-12-5-13-28-60/h2-17,19,21-31,33-47H,18,20,32H2,1H3. The topological polar surface area (TPSA) is 17.8 Å². The second-order valence-electron chi connectivity index (χ2n) is 19.4. The minimum Gasteiger partial charge on any atom is -0.293 e. The summed E-state index contributed by atoms with van der Waals surface area (Å²) in [5, 5.41) is 4.90. The van der Waals surface area contributed by atoms with Gasteiger partial charge in [0.2, 0.25) is 0 Å². The van der Waals surface area contributed by atoms with E-state index < -0.39 is 0 Å². The normalized spacial score (nSPS) is 14.1. The Morgan fingerprint density at radius 3 is 1.47 bits per heavy atom. The quantitative estimate of drug-likeness (QED) is 0.132. The molecule has 0 fully saturated rings. The van der Waals surface area contributed by atoms with E-state index in [9.17, 15) is 0 Å². The molecule has 1 atom stereocenters. The molecule has 72 heavy (non-hydrogen) atoms. The lowest BCUT2D eigenvalue weighted by molar-refractivity contribution is 0.758. The van der Waals surface area contributed by atoms with Gasteiger partial charge in [-0.25, -0.2) is 4.98 Å². The first kappa shape index (κ1) is 43.2. The van der Waals surface area contributed by atoms with Crippen molar-refractivity contribution >= 4 is 33.2 Å². The molecule has 2 heteroatoms. The summed E-state index contributed by atoms with van der Waals surface area (Å²) in [6.07, 6.45) is 14.3. The van der Waals surface area contributed by atoms with E-state index >= 15 is 0 Å². The molecule has 342 valence electrons. The average molecular weight is 921 g/mol. The maximum Gasteiger partial charge on any atom is 0.145 e. The van der Waals surface area contributed by atoms with Crippen LogP contribution in [0.3, 0.4) is 0 Å². The lowest BCUT2D eigenvalue weighted by Crippen LogP contribution is -2.01. The van der Waals surface area contributed by atoms with Gasteiger partial charge in [0, 0.05) is 11.3 Å². The van der Waals surface area contributed by atoms with E-state index in [4.69, 9.17) is 4.98 Å². The number of imidazole rings is 1. The van der Waals surface area contributed by atoms with Gasteiger partial charge in [0.1, 0.15) is 5.82 Å². The molecule has 2 aliphatic carbocycles. The summed E-state index contributed by atoms with van der Waals surface area (Å²) >= 11 is 0. The third-order valence-electron chi connectivity index (χ3n) is 14.9. The molecule has 0 spiro atoms. The van der Waals surface area contributed by atoms with Crippen molar-refractivity contribution in [2.24, 2.45) is 5.92 Å². The van der Waals surface area contributed by atoms with E-state index in [2.05, 4.69) is 266 Å². The number of rotatable bonds is 9. The summed E-state index contributed by atoms with van der Waals surface area (Å²) < 4.78 is 2.32. The summed E-state index contributed by atoms with van der Waals surface area (Å²) in [4.78, 5) is 5.28. The van der Waals surface area contributed by atoms with Crippen molar-refractivity contribution in [3.63, 3.8) is 0 Å². The van der Waals surface area contributed by atoms with Crippen molar-refractivity contribution in [2.75, 3.05) is 0 Å². The number of aromatic nitrogens is 2. The van der Waals surface area contributed by atoms with Gasteiger partial charge in [-0.05, 0) is 185 Å². The molecule has 1 aromatic heterocycles. The van der Waals surface area contributed by atoms with Crippen LogP contribution in [-0.4, -0.2) is 9.55 Å². The Balaban J connectivity index is 1.06. The predicted octanol–water partition coefficient (Wildman–Crippen LogP) is 18.8. The molecule has 0 saturated heterocycles. The summed E-state index contributed by atoms with van der Waals surface area (Å²) in [6.45, 7) is 2.36. The highest BCUT2D eigenvalue weighted by Gasteiger charge is 2.23. The minimum absolute atomic E-state index is 0.405. The first-order chi connectivity index (χ1) is 35.6. The lowest BCUT2D eigenvalue weighted by Gasteiger charge is -2.22. The van der Waals surface area contributed by atoms with Gasteiger partial charge in [-0.1, -0.05) is 201 Å². The molecule has 0 radical (unpaired) electrons. The monoisotopic (exact) mass is 920 g/mol. The third kappa shape index (κ3) is 7.92. The van der Waals surface area contributed by atoms with Crippen LogP contribution >= 0.6 is 0 Å². The molecule has 1 heterocycles. The molecule has 0 N–H and O–H groups in total. The zero-order chi connectivity index (χ0) is 48.0. The first-order valence-electron chi connectivity index (χ1n) is 25.4. The van der Waals surface area contributed by atoms with Crippen LogP contribution in [0.2, 0.25) is 0 Å². The van der Waals surface area contributed by atoms with Crippen LogP contribution in [0, 0.1) is 5.92 Å². The van der Waals surface area contributed by atoms with Crippen molar-refractivity contribution in [3.8, 4) is 83.8 Å². The van der Waals surface area contributed by atoms with Crippen molar-refractivity contribution in [1.29, 1.82) is 0 Å². The molecule has 11 aromatic rings. The van der Waals surface area contributed by atoms with Crippen molar-refractivity contribution in [2.45, 2.75) is 26.2 Å². The number of nitrogens with zero attached hydrogens (tertiary/aromatic N) is 2. The Morgan fingerprint density at radius 1 is 0.403 bits per heavy atom. The van der Waals surface area contributed by atoms with Gasteiger partial charge in [-0.3, -0.25) is 4.57 Å². The van der Waals surface area contributed by atoms with Gasteiger partial charge in [-0.15, -0.1) is 0 Å². The van der Waals surface area contributed by atoms with E-state index in [0.29, 0.717) is 5.92 Å². The summed E-state index contributed by atoms with van der Waals surface area (Å²) in [5.74, 6) is 1.38. The van der Waals surface area contributed by atoms with E-state index in [1.54, 1.807) is 0 Å². The van der Waals surface area contributed by atoms with Crippen LogP contribution < -0.4 is 0 Å². The average Bonchev–Trinajstić information content (AvgIpc) is 3.85. The Kier molecular flexibility index (Phi) is 11.1. The van der Waals surface area contributed by atoms with Crippen LogP contribution in [-0.2, 0) is 6.42 Å². The second kappa shape index (κ2) is 18.5. The van der Waals surface area contributed by atoms with Gasteiger partial charge in [0.15, 0.2) is 0 Å². The number of para-hydroxylation sites is 1. The van der Waals surface area contributed by atoms with Gasteiger partial charge in [-0.2, -0.15) is 0 Å². The van der Waals surface area contributed by atoms with Crippen LogP contribution in [0.4, 0.5) is 0 Å². The van der Waals surface area contributed by atoms with Gasteiger partial charge in [0.25, 0.3) is 0 Å². The molecule has 0 aliphatic heterocycles. The molecule has 1 unspecified atom stereocenters. The molecule has 0 saturated carbocycles. The highest BCUT2D eigenvalue weighted by atomic mass is 15.1. The molecule has 0 amide bonds. The largest absolute Gasteiger partial charge is 0.293 e. The Bertz CT molecular complexity index is 3850. The van der Waals surface area contributed by atoms with Crippen molar-refractivity contribution in [3.05, 3.63) is 266 Å². The van der Waals surface area contributed by atoms with Gasteiger partial charge in [0.05, 0.1) is 11.4 Å². The maximum absolute atomic E-state index is 5.28. The second-order valence-corrected chi connectivity index (χ2v) is 19.4. The molecule has 13 rings (SSSR count). The number of hydrogen-bond acceptors (Lipinski definition) is 1. The molecular weight excluding hydrogens is 869 g/mol. The predicted molar refractivity (Wildman–Crippen MR) is 305 cm³/mol. The van der Waals surface area contributed by atoms with E-state index in [-0.39, 0.29) is 0 Å². The Hall–Kier alpha value is -8.85. The smallest absolute Gasteiger partial charge is 0.145 e. The molecule has 10 aromatic carbocycles. The number of aryl methyl sites for hydroxylation is 1. The summed E-state index contributed by atoms with van der Waals surface area (Å²) in [5.41, 5.74) is 21.6. The first-order valence-corrected chi connectivity index (χ1v) is 25.4. The highest BCUT2D eigenvalue weighted by molar-refractivity contribution is 6.22. The molecule has 2 aliphatic rings. The fourth-order valence-corrected chi connectivity index (χ4v) is 11.3. The molecule has 0 bridgehead atoms. The summed E-state index contributed by atoms with van der Waals surface area (Å²) in [7, 11) is 0. The zero-order valence-corrected chi connectivity index (χ0v) is 40.3. The number of hydrogen-bond donors (Lipinski definition) is 0. The Labute approximate surface area is 422 Å². The highest BCUT2D eigenvalue weighted by Crippen LogP contribution is 2.48. The molecule has 2 nitrogen and oxygen atoms in total. The van der Waals surface area contributed by atoms with Crippen molar-refractivity contribution < 1.29 is 0 Å². The summed E-state index contributed by atoms with van der Waals surface area (Å²) in [6, 6.07) is 83.0. The fourth-order valence-electron chi connectivity index (χ4n) is 11.3. The van der Waals surface area contributed by atoms with Gasteiger partial charge < -0.3 is 0 Å². The van der Waals surface area contributed by atoms with Crippen molar-refractivity contribution in [1.82, 2.24) is 9.55 Å². The van der Waals surface area contributed by atoms with Crippen LogP contribution in [0.25, 0.3) is 117 Å². The van der Waals surface area contributed by atoms with Crippen LogP contribution in [0.15, 0.2) is 249 Å². The molecular formula is C70H52N2.